The van der Waals surface area contributed by atoms with Crippen molar-refractivity contribution in [2.45, 2.75) is 13.0 Å². The summed E-state index contributed by atoms with van der Waals surface area (Å²) in [6, 6.07) is 2.06. The lowest BCUT2D eigenvalue weighted by atomic mass is 10.3. The first-order valence-electron chi connectivity index (χ1n) is 4.22. The Balaban J connectivity index is 2.66. The second kappa shape index (κ2) is 4.61. The molecule has 5 heteroatoms. The van der Waals surface area contributed by atoms with Crippen LogP contribution in [0.3, 0.4) is 0 Å². The van der Waals surface area contributed by atoms with Crippen LogP contribution >= 0.6 is 0 Å². The van der Waals surface area contributed by atoms with Gasteiger partial charge in [-0.25, -0.2) is 9.97 Å². The van der Waals surface area contributed by atoms with Gasteiger partial charge >= 0.3 is 0 Å². The summed E-state index contributed by atoms with van der Waals surface area (Å²) in [6.45, 7) is 2.58. The molecule has 0 aliphatic rings. The predicted molar refractivity (Wildman–Crippen MR) is 53.7 cm³/mol. The van der Waals surface area contributed by atoms with Crippen molar-refractivity contribution in [3.05, 3.63) is 12.4 Å². The van der Waals surface area contributed by atoms with E-state index in [1.807, 2.05) is 20.0 Å². The predicted octanol–water partition coefficient (Wildman–Crippen LogP) is 0.277. The monoisotopic (exact) mass is 181 g/mol. The van der Waals surface area contributed by atoms with Crippen LogP contribution in [0.5, 0.6) is 0 Å². The number of aromatic nitrogens is 2. The van der Waals surface area contributed by atoms with E-state index in [-0.39, 0.29) is 6.04 Å². The minimum Gasteiger partial charge on any atom is -0.373 e. The first-order valence-corrected chi connectivity index (χ1v) is 4.22. The molecule has 5 nitrogen and oxygen atoms in total. The molecule has 1 aromatic heterocycles. The average molecular weight is 181 g/mol. The third kappa shape index (κ3) is 2.87. The first kappa shape index (κ1) is 9.73. The molecule has 13 heavy (non-hydrogen) atoms. The second-order valence-electron chi connectivity index (χ2n) is 2.82. The maximum Gasteiger partial charge on any atom is 0.131 e. The molecular formula is C8H15N5. The van der Waals surface area contributed by atoms with Crippen LogP contribution in [0.4, 0.5) is 11.6 Å². The van der Waals surface area contributed by atoms with Crippen LogP contribution in [0, 0.1) is 0 Å². The lowest BCUT2D eigenvalue weighted by molar-refractivity contribution is 0.797. The molecule has 0 aliphatic carbocycles. The van der Waals surface area contributed by atoms with Gasteiger partial charge in [0.25, 0.3) is 0 Å². The van der Waals surface area contributed by atoms with Gasteiger partial charge in [-0.05, 0) is 6.92 Å². The van der Waals surface area contributed by atoms with Gasteiger partial charge in [-0.1, -0.05) is 0 Å². The van der Waals surface area contributed by atoms with E-state index < -0.39 is 0 Å². The average Bonchev–Trinajstić information content (AvgIpc) is 2.18. The number of nitrogens with one attached hydrogen (secondary N) is 2. The summed E-state index contributed by atoms with van der Waals surface area (Å²) in [5.41, 5.74) is 5.47. The maximum absolute atomic E-state index is 5.47. The van der Waals surface area contributed by atoms with Gasteiger partial charge in [0.1, 0.15) is 18.0 Å². The summed E-state index contributed by atoms with van der Waals surface area (Å²) < 4.78 is 0. The number of nitrogens with zero attached hydrogens (tertiary/aromatic N) is 2. The van der Waals surface area contributed by atoms with Crippen LogP contribution in [0.15, 0.2) is 12.4 Å². The second-order valence-corrected chi connectivity index (χ2v) is 2.82. The van der Waals surface area contributed by atoms with Crippen molar-refractivity contribution in [1.82, 2.24) is 9.97 Å². The van der Waals surface area contributed by atoms with E-state index in [1.165, 1.54) is 6.33 Å². The normalized spacial score (nSPS) is 12.2. The number of hydrogen-bond acceptors (Lipinski definition) is 5. The van der Waals surface area contributed by atoms with Crippen molar-refractivity contribution in [1.29, 1.82) is 0 Å². The van der Waals surface area contributed by atoms with Crippen molar-refractivity contribution in [2.75, 3.05) is 24.2 Å². The quantitative estimate of drug-likeness (QED) is 0.622. The lowest BCUT2D eigenvalue weighted by Crippen LogP contribution is -2.25. The van der Waals surface area contributed by atoms with E-state index in [0.717, 1.165) is 11.6 Å². The molecule has 0 bridgehead atoms. The van der Waals surface area contributed by atoms with Crippen LogP contribution in [0.1, 0.15) is 6.92 Å². The molecule has 4 N–H and O–H groups in total. The van der Waals surface area contributed by atoms with Gasteiger partial charge in [0.15, 0.2) is 0 Å². The van der Waals surface area contributed by atoms with E-state index >= 15 is 0 Å². The molecule has 0 fully saturated rings. The topological polar surface area (TPSA) is 75.9 Å². The molecule has 1 heterocycles. The lowest BCUT2D eigenvalue weighted by Gasteiger charge is -2.11. The van der Waals surface area contributed by atoms with E-state index in [4.69, 9.17) is 5.73 Å². The Morgan fingerprint density at radius 3 is 2.77 bits per heavy atom. The zero-order chi connectivity index (χ0) is 9.68. The van der Waals surface area contributed by atoms with Crippen LogP contribution in [-0.2, 0) is 0 Å². The van der Waals surface area contributed by atoms with Crippen LogP contribution in [0.2, 0.25) is 0 Å². The summed E-state index contributed by atoms with van der Waals surface area (Å²) in [6.07, 6.45) is 1.51. The van der Waals surface area contributed by atoms with E-state index in [9.17, 15) is 0 Å². The molecule has 1 rings (SSSR count). The summed E-state index contributed by atoms with van der Waals surface area (Å²) in [4.78, 5) is 8.06. The molecule has 0 aliphatic heterocycles. The highest BCUT2D eigenvalue weighted by Crippen LogP contribution is 2.08. The Labute approximate surface area is 77.8 Å². The molecule has 0 saturated carbocycles. The highest BCUT2D eigenvalue weighted by atomic mass is 15.1. The molecule has 1 atom stereocenters. The van der Waals surface area contributed by atoms with Crippen molar-refractivity contribution < 1.29 is 0 Å². The SMILES string of the molecule is CNc1cc(NC(C)CN)ncn1. The van der Waals surface area contributed by atoms with Gasteiger partial charge in [-0.15, -0.1) is 0 Å². The summed E-state index contributed by atoms with van der Waals surface area (Å²) in [5.74, 6) is 1.58. The summed E-state index contributed by atoms with van der Waals surface area (Å²) in [5, 5.41) is 6.09. The zero-order valence-corrected chi connectivity index (χ0v) is 7.91. The van der Waals surface area contributed by atoms with Crippen molar-refractivity contribution >= 4 is 11.6 Å². The molecule has 0 saturated heterocycles. The van der Waals surface area contributed by atoms with Gasteiger partial charge in [0.2, 0.25) is 0 Å². The number of hydrogen-bond donors (Lipinski definition) is 3. The number of rotatable bonds is 4. The third-order valence-electron chi connectivity index (χ3n) is 1.67. The molecule has 0 radical (unpaired) electrons. The summed E-state index contributed by atoms with van der Waals surface area (Å²) >= 11 is 0. The van der Waals surface area contributed by atoms with Gasteiger partial charge < -0.3 is 16.4 Å². The maximum atomic E-state index is 5.47. The molecular weight excluding hydrogens is 166 g/mol. The Hall–Kier alpha value is -1.36. The van der Waals surface area contributed by atoms with E-state index in [2.05, 4.69) is 20.6 Å². The minimum absolute atomic E-state index is 0.222. The van der Waals surface area contributed by atoms with Gasteiger partial charge in [0, 0.05) is 25.7 Å². The highest BCUT2D eigenvalue weighted by Gasteiger charge is 2.00. The fourth-order valence-electron chi connectivity index (χ4n) is 0.884. The fourth-order valence-corrected chi connectivity index (χ4v) is 0.884. The van der Waals surface area contributed by atoms with Crippen molar-refractivity contribution in [3.8, 4) is 0 Å². The zero-order valence-electron chi connectivity index (χ0n) is 7.91. The van der Waals surface area contributed by atoms with Gasteiger partial charge in [-0.3, -0.25) is 0 Å². The van der Waals surface area contributed by atoms with Gasteiger partial charge in [-0.2, -0.15) is 0 Å². The fraction of sp³-hybridized carbons (Fsp3) is 0.500. The molecule has 1 unspecified atom stereocenters. The highest BCUT2D eigenvalue weighted by molar-refractivity contribution is 5.46. The van der Waals surface area contributed by atoms with E-state index in [0.29, 0.717) is 6.54 Å². The minimum atomic E-state index is 0.222. The standard InChI is InChI=1S/C8H15N5/c1-6(4-9)13-8-3-7(10-2)11-5-12-8/h3,5-6H,4,9H2,1-2H3,(H2,10,11,12,13). The van der Waals surface area contributed by atoms with E-state index in [1.54, 1.807) is 0 Å². The van der Waals surface area contributed by atoms with Crippen LogP contribution in [0.25, 0.3) is 0 Å². The van der Waals surface area contributed by atoms with Crippen molar-refractivity contribution in [3.63, 3.8) is 0 Å². The Kier molecular flexibility index (Phi) is 3.45. The van der Waals surface area contributed by atoms with Crippen molar-refractivity contribution in [2.24, 2.45) is 5.73 Å². The van der Waals surface area contributed by atoms with Gasteiger partial charge in [0.05, 0.1) is 0 Å². The Bertz CT molecular complexity index is 262. The largest absolute Gasteiger partial charge is 0.373 e. The Morgan fingerprint density at radius 1 is 1.46 bits per heavy atom. The molecule has 72 valence electrons. The molecule has 1 aromatic rings. The molecule has 0 aromatic carbocycles. The van der Waals surface area contributed by atoms with Crippen LogP contribution in [-0.4, -0.2) is 29.6 Å². The molecule has 0 amide bonds. The first-order chi connectivity index (χ1) is 6.26. The molecule has 0 spiro atoms. The number of nitrogens with two attached hydrogens (primary N) is 1. The van der Waals surface area contributed by atoms with Crippen LogP contribution < -0.4 is 16.4 Å². The Morgan fingerprint density at radius 2 is 2.15 bits per heavy atom. The summed E-state index contributed by atoms with van der Waals surface area (Å²) in [7, 11) is 1.82. The third-order valence-corrected chi connectivity index (χ3v) is 1.67. The number of anilines is 2. The smallest absolute Gasteiger partial charge is 0.131 e.